The number of hydrogen-bond acceptors (Lipinski definition) is 3. The summed E-state index contributed by atoms with van der Waals surface area (Å²) in [5.41, 5.74) is 1.23. The van der Waals surface area contributed by atoms with Gasteiger partial charge in [-0.3, -0.25) is 0 Å². The molecule has 0 radical (unpaired) electrons. The Morgan fingerprint density at radius 2 is 2.00 bits per heavy atom. The number of ether oxygens (including phenoxy) is 1. The average Bonchev–Trinajstić information content (AvgIpc) is 2.37. The largest absolute Gasteiger partial charge is 0.481 e. The lowest BCUT2D eigenvalue weighted by molar-refractivity contribution is 0.396. The van der Waals surface area contributed by atoms with Gasteiger partial charge in [0.05, 0.1) is 7.11 Å². The molecule has 0 aliphatic rings. The number of hydrogen-bond donors (Lipinski definition) is 1. The number of pyridine rings is 1. The predicted molar refractivity (Wildman–Crippen MR) is 71.2 cm³/mol. The van der Waals surface area contributed by atoms with Gasteiger partial charge in [0.25, 0.3) is 0 Å². The highest BCUT2D eigenvalue weighted by Gasteiger charge is 2.06. The van der Waals surface area contributed by atoms with Crippen molar-refractivity contribution in [3.63, 3.8) is 0 Å². The van der Waals surface area contributed by atoms with Gasteiger partial charge in [0.15, 0.2) is 0 Å². The van der Waals surface area contributed by atoms with E-state index in [1.54, 1.807) is 13.3 Å². The zero-order valence-corrected chi connectivity index (χ0v) is 11.2. The van der Waals surface area contributed by atoms with Crippen LogP contribution < -0.4 is 10.1 Å². The van der Waals surface area contributed by atoms with Gasteiger partial charge in [-0.1, -0.05) is 26.7 Å². The Labute approximate surface area is 105 Å². The molecule has 1 heterocycles. The fraction of sp³-hybridized carbons (Fsp3) is 0.643. The fourth-order valence-corrected chi connectivity index (χ4v) is 1.98. The van der Waals surface area contributed by atoms with Gasteiger partial charge < -0.3 is 10.1 Å². The molecule has 0 fully saturated rings. The lowest BCUT2D eigenvalue weighted by Crippen LogP contribution is -2.28. The molecule has 3 heteroatoms. The Kier molecular flexibility index (Phi) is 6.63. The number of methoxy groups -OCH3 is 1. The van der Waals surface area contributed by atoms with Crippen LogP contribution in [0.5, 0.6) is 5.88 Å². The minimum atomic E-state index is 0.629. The molecular formula is C14H24N2O. The molecule has 0 unspecified atom stereocenters. The maximum atomic E-state index is 5.12. The van der Waals surface area contributed by atoms with Gasteiger partial charge in [-0.2, -0.15) is 0 Å². The Hall–Kier alpha value is -1.09. The van der Waals surface area contributed by atoms with Crippen LogP contribution in [0.1, 0.15) is 45.1 Å². The van der Waals surface area contributed by atoms with E-state index in [0.29, 0.717) is 11.9 Å². The zero-order valence-electron chi connectivity index (χ0n) is 11.2. The van der Waals surface area contributed by atoms with Crippen LogP contribution >= 0.6 is 0 Å². The van der Waals surface area contributed by atoms with E-state index in [-0.39, 0.29) is 0 Å². The third kappa shape index (κ3) is 5.18. The predicted octanol–water partition coefficient (Wildman–Crippen LogP) is 3.15. The summed E-state index contributed by atoms with van der Waals surface area (Å²) in [6.07, 6.45) is 6.76. The summed E-state index contributed by atoms with van der Waals surface area (Å²) in [5.74, 6) is 0.687. The Balaban J connectivity index is 2.46. The summed E-state index contributed by atoms with van der Waals surface area (Å²) in [6.45, 7) is 5.36. The summed E-state index contributed by atoms with van der Waals surface area (Å²) in [5, 5.41) is 3.61. The number of aromatic nitrogens is 1. The van der Waals surface area contributed by atoms with Crippen LogP contribution in [0.2, 0.25) is 0 Å². The first-order valence-corrected chi connectivity index (χ1v) is 6.52. The first-order chi connectivity index (χ1) is 8.30. The molecule has 0 spiro atoms. The van der Waals surface area contributed by atoms with Crippen molar-refractivity contribution in [1.29, 1.82) is 0 Å². The van der Waals surface area contributed by atoms with Gasteiger partial charge in [0, 0.05) is 24.8 Å². The molecule has 0 saturated heterocycles. The molecular weight excluding hydrogens is 212 g/mol. The monoisotopic (exact) mass is 236 g/mol. The molecule has 96 valence electrons. The lowest BCUT2D eigenvalue weighted by atomic mass is 10.1. The van der Waals surface area contributed by atoms with Crippen LogP contribution in [0.4, 0.5) is 0 Å². The van der Waals surface area contributed by atoms with Gasteiger partial charge >= 0.3 is 0 Å². The van der Waals surface area contributed by atoms with E-state index in [1.807, 2.05) is 12.1 Å². The SMILES string of the molecule is CCCC(CCC)NCc1ccnc(OC)c1. The lowest BCUT2D eigenvalue weighted by Gasteiger charge is -2.17. The van der Waals surface area contributed by atoms with Crippen molar-refractivity contribution >= 4 is 0 Å². The van der Waals surface area contributed by atoms with Crippen molar-refractivity contribution in [2.24, 2.45) is 0 Å². The van der Waals surface area contributed by atoms with Crippen LogP contribution in [-0.2, 0) is 6.54 Å². The second kappa shape index (κ2) is 8.07. The van der Waals surface area contributed by atoms with Crippen molar-refractivity contribution in [2.45, 2.75) is 52.1 Å². The zero-order chi connectivity index (χ0) is 12.5. The van der Waals surface area contributed by atoms with Gasteiger partial charge in [0.2, 0.25) is 5.88 Å². The fourth-order valence-electron chi connectivity index (χ4n) is 1.98. The molecule has 0 aliphatic carbocycles. The van der Waals surface area contributed by atoms with Crippen molar-refractivity contribution in [1.82, 2.24) is 10.3 Å². The van der Waals surface area contributed by atoms with E-state index < -0.39 is 0 Å². The molecule has 0 saturated carbocycles. The highest BCUT2D eigenvalue weighted by molar-refractivity contribution is 5.20. The summed E-state index contributed by atoms with van der Waals surface area (Å²) in [7, 11) is 1.65. The Morgan fingerprint density at radius 3 is 2.59 bits per heavy atom. The smallest absolute Gasteiger partial charge is 0.213 e. The molecule has 1 rings (SSSR count). The van der Waals surface area contributed by atoms with E-state index in [0.717, 1.165) is 6.54 Å². The van der Waals surface area contributed by atoms with Gasteiger partial charge in [-0.25, -0.2) is 4.98 Å². The van der Waals surface area contributed by atoms with Crippen LogP contribution in [-0.4, -0.2) is 18.1 Å². The van der Waals surface area contributed by atoms with Crippen LogP contribution in [0.25, 0.3) is 0 Å². The molecule has 1 N–H and O–H groups in total. The van der Waals surface area contributed by atoms with E-state index in [9.17, 15) is 0 Å². The maximum Gasteiger partial charge on any atom is 0.213 e. The summed E-state index contributed by atoms with van der Waals surface area (Å²) in [6, 6.07) is 4.65. The van der Waals surface area contributed by atoms with Crippen LogP contribution in [0.3, 0.4) is 0 Å². The number of rotatable bonds is 8. The summed E-state index contributed by atoms with van der Waals surface area (Å²) in [4.78, 5) is 4.11. The maximum absolute atomic E-state index is 5.12. The van der Waals surface area contributed by atoms with Crippen LogP contribution in [0, 0.1) is 0 Å². The van der Waals surface area contributed by atoms with E-state index in [2.05, 4.69) is 24.1 Å². The van der Waals surface area contributed by atoms with Gasteiger partial charge in [-0.15, -0.1) is 0 Å². The second-order valence-electron chi connectivity index (χ2n) is 4.36. The molecule has 1 aromatic rings. The minimum absolute atomic E-state index is 0.629. The third-order valence-electron chi connectivity index (χ3n) is 2.88. The van der Waals surface area contributed by atoms with E-state index >= 15 is 0 Å². The number of nitrogens with zero attached hydrogens (tertiary/aromatic N) is 1. The Bertz CT molecular complexity index is 309. The van der Waals surface area contributed by atoms with Gasteiger partial charge in [-0.05, 0) is 24.5 Å². The molecule has 0 aromatic carbocycles. The first kappa shape index (κ1) is 14.0. The van der Waals surface area contributed by atoms with Crippen molar-refractivity contribution < 1.29 is 4.74 Å². The minimum Gasteiger partial charge on any atom is -0.481 e. The van der Waals surface area contributed by atoms with Crippen molar-refractivity contribution in [3.05, 3.63) is 23.9 Å². The normalized spacial score (nSPS) is 10.8. The van der Waals surface area contributed by atoms with Gasteiger partial charge in [0.1, 0.15) is 0 Å². The summed E-state index contributed by atoms with van der Waals surface area (Å²) < 4.78 is 5.12. The molecule has 3 nitrogen and oxygen atoms in total. The molecule has 0 bridgehead atoms. The average molecular weight is 236 g/mol. The topological polar surface area (TPSA) is 34.2 Å². The molecule has 0 atom stereocenters. The molecule has 0 aliphatic heterocycles. The first-order valence-electron chi connectivity index (χ1n) is 6.52. The standard InChI is InChI=1S/C14H24N2O/c1-4-6-13(7-5-2)16-11-12-8-9-15-14(10-12)17-3/h8-10,13,16H,4-7,11H2,1-3H3. The highest BCUT2D eigenvalue weighted by Crippen LogP contribution is 2.10. The van der Waals surface area contributed by atoms with E-state index in [1.165, 1.54) is 31.2 Å². The second-order valence-corrected chi connectivity index (χ2v) is 4.36. The number of nitrogens with one attached hydrogen (secondary N) is 1. The quantitative estimate of drug-likeness (QED) is 0.753. The van der Waals surface area contributed by atoms with Crippen molar-refractivity contribution in [3.8, 4) is 5.88 Å². The van der Waals surface area contributed by atoms with Crippen molar-refractivity contribution in [2.75, 3.05) is 7.11 Å². The Morgan fingerprint density at radius 1 is 1.29 bits per heavy atom. The molecule has 17 heavy (non-hydrogen) atoms. The summed E-state index contributed by atoms with van der Waals surface area (Å²) >= 11 is 0. The molecule has 0 amide bonds. The highest BCUT2D eigenvalue weighted by atomic mass is 16.5. The van der Waals surface area contributed by atoms with E-state index in [4.69, 9.17) is 4.74 Å². The third-order valence-corrected chi connectivity index (χ3v) is 2.88. The van der Waals surface area contributed by atoms with Crippen LogP contribution in [0.15, 0.2) is 18.3 Å². The molecule has 1 aromatic heterocycles.